The average Bonchev–Trinajstić information content (AvgIpc) is 1.97. The molecule has 3 nitrogen and oxygen atoms in total. The van der Waals surface area contributed by atoms with Crippen molar-refractivity contribution in [3.05, 3.63) is 11.5 Å². The highest BCUT2D eigenvalue weighted by atomic mass is 19.1. The molecule has 0 aliphatic heterocycles. The van der Waals surface area contributed by atoms with Gasteiger partial charge < -0.3 is 4.74 Å². The largest absolute Gasteiger partial charge is 0.375 e. The van der Waals surface area contributed by atoms with E-state index in [2.05, 4.69) is 17.2 Å². The third-order valence-electron chi connectivity index (χ3n) is 1.08. The fourth-order valence-electron chi connectivity index (χ4n) is 0.508. The van der Waals surface area contributed by atoms with Crippen molar-refractivity contribution in [2.75, 3.05) is 13.2 Å². The number of nitrogens with one attached hydrogen (secondary N) is 1. The maximum Gasteiger partial charge on any atom is 0.120 e. The molecule has 0 fully saturated rings. The molecule has 4 heteroatoms. The van der Waals surface area contributed by atoms with Gasteiger partial charge >= 0.3 is 0 Å². The third kappa shape index (κ3) is 4.50. The molecule has 0 saturated carbocycles. The number of allylic oxidation sites excluding steroid dienone is 1. The van der Waals surface area contributed by atoms with E-state index in [0.717, 1.165) is 0 Å². The van der Waals surface area contributed by atoms with Gasteiger partial charge in [-0.25, -0.2) is 4.39 Å². The van der Waals surface area contributed by atoms with Crippen LogP contribution in [0.25, 0.3) is 0 Å². The molecule has 0 rings (SSSR count). The molecule has 11 heavy (non-hydrogen) atoms. The fourth-order valence-corrected chi connectivity index (χ4v) is 0.508. The Labute approximate surface area is 65.9 Å². The van der Waals surface area contributed by atoms with E-state index in [1.807, 2.05) is 6.92 Å². The van der Waals surface area contributed by atoms with Crippen molar-refractivity contribution in [1.29, 1.82) is 0 Å². The Bertz CT molecular complexity index is 153. The van der Waals surface area contributed by atoms with Crippen molar-refractivity contribution in [2.45, 2.75) is 13.8 Å². The molecular weight excluding hydrogens is 147 g/mol. The summed E-state index contributed by atoms with van der Waals surface area (Å²) in [6, 6.07) is 0. The molecule has 0 aliphatic carbocycles. The van der Waals surface area contributed by atoms with E-state index in [1.54, 1.807) is 0 Å². The standard InChI is InChI=1S/C7H13FN2O/c1-4-11-5-7(6(2)8)10-9-3/h10H,3-5H2,1-2H3/b7-6+. The van der Waals surface area contributed by atoms with Crippen LogP contribution in [0.2, 0.25) is 0 Å². The molecule has 0 unspecified atom stereocenters. The van der Waals surface area contributed by atoms with Crippen LogP contribution in [0, 0.1) is 0 Å². The van der Waals surface area contributed by atoms with E-state index in [9.17, 15) is 4.39 Å². The highest BCUT2D eigenvalue weighted by Gasteiger charge is 1.99. The van der Waals surface area contributed by atoms with Gasteiger partial charge in [-0.2, -0.15) is 5.10 Å². The molecule has 0 aromatic heterocycles. The van der Waals surface area contributed by atoms with Crippen molar-refractivity contribution >= 4 is 6.72 Å². The van der Waals surface area contributed by atoms with Crippen molar-refractivity contribution < 1.29 is 9.13 Å². The number of hydrazone groups is 1. The summed E-state index contributed by atoms with van der Waals surface area (Å²) in [6.07, 6.45) is 0. The third-order valence-corrected chi connectivity index (χ3v) is 1.08. The summed E-state index contributed by atoms with van der Waals surface area (Å²) in [5.74, 6) is -0.328. The van der Waals surface area contributed by atoms with Gasteiger partial charge in [0.15, 0.2) is 0 Å². The first-order valence-corrected chi connectivity index (χ1v) is 3.37. The number of halogens is 1. The van der Waals surface area contributed by atoms with Gasteiger partial charge in [0.1, 0.15) is 5.83 Å². The Hall–Kier alpha value is -0.900. The summed E-state index contributed by atoms with van der Waals surface area (Å²) in [4.78, 5) is 0. The van der Waals surface area contributed by atoms with Gasteiger partial charge in [0, 0.05) is 13.3 Å². The van der Waals surface area contributed by atoms with E-state index in [0.29, 0.717) is 12.3 Å². The van der Waals surface area contributed by atoms with Crippen LogP contribution < -0.4 is 5.43 Å². The molecule has 1 N–H and O–H groups in total. The van der Waals surface area contributed by atoms with Gasteiger partial charge in [0.2, 0.25) is 0 Å². The van der Waals surface area contributed by atoms with Gasteiger partial charge in [-0.05, 0) is 13.8 Å². The lowest BCUT2D eigenvalue weighted by molar-refractivity contribution is 0.164. The Balaban J connectivity index is 3.90. The lowest BCUT2D eigenvalue weighted by Gasteiger charge is -2.05. The van der Waals surface area contributed by atoms with Crippen LogP contribution in [0.1, 0.15) is 13.8 Å². The fraction of sp³-hybridized carbons (Fsp3) is 0.571. The molecule has 0 aliphatic rings. The van der Waals surface area contributed by atoms with Crippen molar-refractivity contribution in [3.63, 3.8) is 0 Å². The molecule has 0 radical (unpaired) electrons. The second-order valence-electron chi connectivity index (χ2n) is 1.92. The number of ether oxygens (including phenoxy) is 1. The number of hydrogen-bond donors (Lipinski definition) is 1. The van der Waals surface area contributed by atoms with Gasteiger partial charge in [-0.3, -0.25) is 5.43 Å². The maximum atomic E-state index is 12.5. The second-order valence-corrected chi connectivity index (χ2v) is 1.92. The highest BCUT2D eigenvalue weighted by molar-refractivity contribution is 5.23. The van der Waals surface area contributed by atoms with E-state index in [4.69, 9.17) is 4.74 Å². The summed E-state index contributed by atoms with van der Waals surface area (Å²) in [5.41, 5.74) is 2.73. The Morgan fingerprint density at radius 3 is 2.73 bits per heavy atom. The lowest BCUT2D eigenvalue weighted by atomic mass is 10.4. The molecular formula is C7H13FN2O. The van der Waals surface area contributed by atoms with Crippen LogP contribution in [-0.4, -0.2) is 19.9 Å². The van der Waals surface area contributed by atoms with Crippen LogP contribution >= 0.6 is 0 Å². The summed E-state index contributed by atoms with van der Waals surface area (Å²) in [5, 5.41) is 3.33. The normalized spacial score (nSPS) is 12.3. The SMILES string of the molecule is C=NN/C(COCC)=C(\C)F. The van der Waals surface area contributed by atoms with Crippen LogP contribution in [0.15, 0.2) is 16.6 Å². The predicted octanol–water partition coefficient (Wildman–Crippen LogP) is 1.43. The zero-order chi connectivity index (χ0) is 8.69. The van der Waals surface area contributed by atoms with Crippen molar-refractivity contribution in [1.82, 2.24) is 5.43 Å². The van der Waals surface area contributed by atoms with Crippen molar-refractivity contribution in [3.8, 4) is 0 Å². The van der Waals surface area contributed by atoms with Gasteiger partial charge in [-0.1, -0.05) is 0 Å². The summed E-state index contributed by atoms with van der Waals surface area (Å²) in [6.45, 7) is 7.11. The average molecular weight is 160 g/mol. The summed E-state index contributed by atoms with van der Waals surface area (Å²) >= 11 is 0. The molecule has 0 atom stereocenters. The van der Waals surface area contributed by atoms with E-state index >= 15 is 0 Å². The molecule has 0 spiro atoms. The smallest absolute Gasteiger partial charge is 0.120 e. The zero-order valence-electron chi connectivity index (χ0n) is 6.85. The molecule has 0 bridgehead atoms. The monoisotopic (exact) mass is 160 g/mol. The van der Waals surface area contributed by atoms with Crippen LogP contribution in [0.3, 0.4) is 0 Å². The minimum atomic E-state index is -0.328. The summed E-state index contributed by atoms with van der Waals surface area (Å²) in [7, 11) is 0. The molecule has 0 aromatic carbocycles. The number of nitrogens with zero attached hydrogens (tertiary/aromatic N) is 1. The quantitative estimate of drug-likeness (QED) is 0.487. The molecule has 0 aromatic rings. The second kappa shape index (κ2) is 5.85. The number of hydrogen-bond acceptors (Lipinski definition) is 3. The first-order chi connectivity index (χ1) is 5.22. The van der Waals surface area contributed by atoms with Gasteiger partial charge in [-0.15, -0.1) is 0 Å². The molecule has 0 heterocycles. The highest BCUT2D eigenvalue weighted by Crippen LogP contribution is 2.01. The Morgan fingerprint density at radius 1 is 1.73 bits per heavy atom. The van der Waals surface area contributed by atoms with E-state index < -0.39 is 0 Å². The van der Waals surface area contributed by atoms with Crippen LogP contribution in [-0.2, 0) is 4.74 Å². The molecule has 64 valence electrons. The van der Waals surface area contributed by atoms with Crippen LogP contribution in [0.5, 0.6) is 0 Å². The van der Waals surface area contributed by atoms with Crippen LogP contribution in [0.4, 0.5) is 4.39 Å². The first kappa shape index (κ1) is 10.1. The van der Waals surface area contributed by atoms with Crippen molar-refractivity contribution in [2.24, 2.45) is 5.10 Å². The number of rotatable bonds is 5. The lowest BCUT2D eigenvalue weighted by Crippen LogP contribution is -2.12. The topological polar surface area (TPSA) is 33.6 Å². The molecule has 0 saturated heterocycles. The minimum absolute atomic E-state index is 0.206. The zero-order valence-corrected chi connectivity index (χ0v) is 6.85. The predicted molar refractivity (Wildman–Crippen MR) is 43.0 cm³/mol. The minimum Gasteiger partial charge on any atom is -0.375 e. The van der Waals surface area contributed by atoms with E-state index in [1.165, 1.54) is 6.92 Å². The summed E-state index contributed by atoms with van der Waals surface area (Å²) < 4.78 is 17.5. The van der Waals surface area contributed by atoms with Gasteiger partial charge in [0.05, 0.1) is 12.3 Å². The van der Waals surface area contributed by atoms with Gasteiger partial charge in [0.25, 0.3) is 0 Å². The maximum absolute atomic E-state index is 12.5. The first-order valence-electron chi connectivity index (χ1n) is 3.37. The van der Waals surface area contributed by atoms with E-state index in [-0.39, 0.29) is 12.4 Å². The Morgan fingerprint density at radius 2 is 2.36 bits per heavy atom. The molecule has 0 amide bonds. The Kier molecular flexibility index (Phi) is 5.37.